The number of nitrogens with zero attached hydrogens (tertiary/aromatic N) is 2. The monoisotopic (exact) mass is 282 g/mol. The molecule has 0 N–H and O–H groups in total. The molecule has 1 aliphatic rings. The Hall–Kier alpha value is -1.52. The van der Waals surface area contributed by atoms with Crippen LogP contribution in [0.2, 0.25) is 0 Å². The number of likely N-dealkylation sites (tertiary alicyclic amines) is 1. The molecule has 0 unspecified atom stereocenters. The van der Waals surface area contributed by atoms with Crippen molar-refractivity contribution in [2.75, 3.05) is 13.1 Å². The molecule has 1 rings (SSSR count). The minimum absolute atomic E-state index is 0.0941. The zero-order chi connectivity index (χ0) is 15.3. The average molecular weight is 282 g/mol. The van der Waals surface area contributed by atoms with Gasteiger partial charge in [-0.2, -0.15) is 0 Å². The molecule has 1 aliphatic heterocycles. The summed E-state index contributed by atoms with van der Waals surface area (Å²) in [5.41, 5.74) is -0.503. The third-order valence-electron chi connectivity index (χ3n) is 3.22. The fraction of sp³-hybridized carbons (Fsp3) is 0.733. The van der Waals surface area contributed by atoms with Crippen LogP contribution in [0, 0.1) is 0 Å². The summed E-state index contributed by atoms with van der Waals surface area (Å²) in [6.07, 6.45) is 4.84. The van der Waals surface area contributed by atoms with Crippen LogP contribution in [0.5, 0.6) is 0 Å². The summed E-state index contributed by atoms with van der Waals surface area (Å²) in [5, 5.41) is 0. The van der Waals surface area contributed by atoms with E-state index in [1.807, 2.05) is 38.7 Å². The van der Waals surface area contributed by atoms with Crippen LogP contribution in [0.15, 0.2) is 12.3 Å². The minimum atomic E-state index is -0.503. The maximum atomic E-state index is 12.2. The van der Waals surface area contributed by atoms with Gasteiger partial charge in [0.1, 0.15) is 5.60 Å². The molecule has 1 fully saturated rings. The van der Waals surface area contributed by atoms with E-state index in [2.05, 4.69) is 0 Å². The summed E-state index contributed by atoms with van der Waals surface area (Å²) in [6, 6.07) is 0.0941. The van der Waals surface area contributed by atoms with Crippen LogP contribution < -0.4 is 0 Å². The number of hydrogen-bond acceptors (Lipinski definition) is 3. The van der Waals surface area contributed by atoms with Crippen LogP contribution >= 0.6 is 0 Å². The highest BCUT2D eigenvalue weighted by atomic mass is 16.6. The number of ether oxygens (including phenoxy) is 1. The summed E-state index contributed by atoms with van der Waals surface area (Å²) in [5.74, 6) is 0.0956. The SMILES string of the molecule is C/C=C/N(C(=O)OC(C)(C)C)C1CCN(C(C)=O)CC1. The van der Waals surface area contributed by atoms with Gasteiger partial charge in [-0.25, -0.2) is 4.79 Å². The number of carbonyl (C=O) groups is 2. The average Bonchev–Trinajstić information content (AvgIpc) is 2.34. The van der Waals surface area contributed by atoms with E-state index >= 15 is 0 Å². The number of amides is 2. The van der Waals surface area contributed by atoms with E-state index in [1.165, 1.54) is 0 Å². The van der Waals surface area contributed by atoms with Gasteiger partial charge < -0.3 is 9.64 Å². The molecule has 5 nitrogen and oxygen atoms in total. The molecule has 0 saturated carbocycles. The number of hydrogen-bond donors (Lipinski definition) is 0. The summed E-state index contributed by atoms with van der Waals surface area (Å²) >= 11 is 0. The van der Waals surface area contributed by atoms with Gasteiger partial charge in [-0.1, -0.05) is 6.08 Å². The Bertz CT molecular complexity index is 377. The maximum Gasteiger partial charge on any atom is 0.414 e. The standard InChI is InChI=1S/C15H26N2O3/c1-6-9-17(14(19)20-15(3,4)5)13-7-10-16(11-8-13)12(2)18/h6,9,13H,7-8,10-11H2,1-5H3/b9-6+. The zero-order valence-corrected chi connectivity index (χ0v) is 13.2. The van der Waals surface area contributed by atoms with Gasteiger partial charge in [0.05, 0.1) is 0 Å². The third-order valence-corrected chi connectivity index (χ3v) is 3.22. The first-order chi connectivity index (χ1) is 9.24. The first-order valence-corrected chi connectivity index (χ1v) is 7.14. The van der Waals surface area contributed by atoms with Gasteiger partial charge in [0, 0.05) is 32.3 Å². The third kappa shape index (κ3) is 4.87. The van der Waals surface area contributed by atoms with Crippen molar-refractivity contribution >= 4 is 12.0 Å². The highest BCUT2D eigenvalue weighted by Gasteiger charge is 2.30. The van der Waals surface area contributed by atoms with Gasteiger partial charge in [0.15, 0.2) is 0 Å². The topological polar surface area (TPSA) is 49.9 Å². The van der Waals surface area contributed by atoms with E-state index in [0.717, 1.165) is 12.8 Å². The molecule has 0 spiro atoms. The van der Waals surface area contributed by atoms with Crippen molar-refractivity contribution in [3.63, 3.8) is 0 Å². The lowest BCUT2D eigenvalue weighted by Crippen LogP contribution is -2.47. The predicted octanol–water partition coefficient (Wildman–Crippen LogP) is 2.77. The Labute approximate surface area is 121 Å². The van der Waals surface area contributed by atoms with E-state index in [4.69, 9.17) is 4.74 Å². The first-order valence-electron chi connectivity index (χ1n) is 7.14. The van der Waals surface area contributed by atoms with Crippen molar-refractivity contribution in [2.24, 2.45) is 0 Å². The number of allylic oxidation sites excluding steroid dienone is 1. The second kappa shape index (κ2) is 6.77. The second-order valence-corrected chi connectivity index (χ2v) is 6.11. The van der Waals surface area contributed by atoms with Crippen molar-refractivity contribution < 1.29 is 14.3 Å². The Morgan fingerprint density at radius 2 is 1.80 bits per heavy atom. The number of piperidine rings is 1. The molecule has 0 radical (unpaired) electrons. The molecule has 0 aromatic heterocycles. The summed E-state index contributed by atoms with van der Waals surface area (Å²) < 4.78 is 5.44. The molecule has 0 bridgehead atoms. The maximum absolute atomic E-state index is 12.2. The van der Waals surface area contributed by atoms with Crippen LogP contribution in [0.4, 0.5) is 4.79 Å². The van der Waals surface area contributed by atoms with Gasteiger partial charge in [0.25, 0.3) is 0 Å². The van der Waals surface area contributed by atoms with Gasteiger partial charge in [-0.3, -0.25) is 9.69 Å². The van der Waals surface area contributed by atoms with E-state index in [0.29, 0.717) is 13.1 Å². The van der Waals surface area contributed by atoms with Gasteiger partial charge >= 0.3 is 6.09 Å². The van der Waals surface area contributed by atoms with Crippen molar-refractivity contribution in [1.82, 2.24) is 9.80 Å². The summed E-state index contributed by atoms with van der Waals surface area (Å²) in [4.78, 5) is 27.0. The van der Waals surface area contributed by atoms with E-state index < -0.39 is 5.60 Å². The molecular formula is C15H26N2O3. The van der Waals surface area contributed by atoms with E-state index in [1.54, 1.807) is 18.0 Å². The lowest BCUT2D eigenvalue weighted by atomic mass is 10.0. The lowest BCUT2D eigenvalue weighted by molar-refractivity contribution is -0.130. The van der Waals surface area contributed by atoms with E-state index in [9.17, 15) is 9.59 Å². The van der Waals surface area contributed by atoms with Crippen molar-refractivity contribution in [3.05, 3.63) is 12.3 Å². The molecule has 2 amide bonds. The Balaban J connectivity index is 2.68. The van der Waals surface area contributed by atoms with Gasteiger partial charge in [-0.05, 0) is 40.5 Å². The van der Waals surface area contributed by atoms with Crippen LogP contribution in [0.3, 0.4) is 0 Å². The highest BCUT2D eigenvalue weighted by molar-refractivity contribution is 5.73. The molecule has 5 heteroatoms. The molecule has 1 heterocycles. The Morgan fingerprint density at radius 3 is 2.20 bits per heavy atom. The van der Waals surface area contributed by atoms with Crippen molar-refractivity contribution in [1.29, 1.82) is 0 Å². The zero-order valence-electron chi connectivity index (χ0n) is 13.2. The number of rotatable bonds is 2. The largest absolute Gasteiger partial charge is 0.443 e. The first kappa shape index (κ1) is 16.5. The van der Waals surface area contributed by atoms with Crippen LogP contribution in [0.25, 0.3) is 0 Å². The van der Waals surface area contributed by atoms with Crippen LogP contribution in [-0.2, 0) is 9.53 Å². The lowest BCUT2D eigenvalue weighted by Gasteiger charge is -2.37. The van der Waals surface area contributed by atoms with Gasteiger partial charge in [-0.15, -0.1) is 0 Å². The second-order valence-electron chi connectivity index (χ2n) is 6.11. The molecule has 0 aliphatic carbocycles. The summed E-state index contributed by atoms with van der Waals surface area (Å²) in [7, 11) is 0. The Kier molecular flexibility index (Phi) is 5.60. The van der Waals surface area contributed by atoms with Crippen LogP contribution in [-0.4, -0.2) is 46.5 Å². The molecule has 1 saturated heterocycles. The predicted molar refractivity (Wildman–Crippen MR) is 78.2 cm³/mol. The van der Waals surface area contributed by atoms with Gasteiger partial charge in [0.2, 0.25) is 5.91 Å². The summed E-state index contributed by atoms with van der Waals surface area (Å²) in [6.45, 7) is 10.4. The quantitative estimate of drug-likeness (QED) is 0.782. The fourth-order valence-electron chi connectivity index (χ4n) is 2.27. The van der Waals surface area contributed by atoms with E-state index in [-0.39, 0.29) is 18.0 Å². The number of carbonyl (C=O) groups excluding carboxylic acids is 2. The normalized spacial score (nSPS) is 17.4. The van der Waals surface area contributed by atoms with Crippen molar-refractivity contribution in [3.8, 4) is 0 Å². The van der Waals surface area contributed by atoms with Crippen LogP contribution in [0.1, 0.15) is 47.5 Å². The highest BCUT2D eigenvalue weighted by Crippen LogP contribution is 2.20. The molecular weight excluding hydrogens is 256 g/mol. The molecule has 0 aromatic rings. The molecule has 20 heavy (non-hydrogen) atoms. The fourth-order valence-corrected chi connectivity index (χ4v) is 2.27. The smallest absolute Gasteiger partial charge is 0.414 e. The molecule has 0 atom stereocenters. The van der Waals surface area contributed by atoms with Crippen molar-refractivity contribution in [2.45, 2.75) is 59.1 Å². The molecule has 0 aromatic carbocycles. The minimum Gasteiger partial charge on any atom is -0.443 e. The molecule has 114 valence electrons. The Morgan fingerprint density at radius 1 is 1.25 bits per heavy atom.